The van der Waals surface area contributed by atoms with Crippen LogP contribution in [0.1, 0.15) is 26.3 Å². The monoisotopic (exact) mass is 479 g/mol. The predicted octanol–water partition coefficient (Wildman–Crippen LogP) is 1.42. The van der Waals surface area contributed by atoms with Gasteiger partial charge in [-0.1, -0.05) is 26.8 Å². The van der Waals surface area contributed by atoms with Crippen LogP contribution in [0.2, 0.25) is 0 Å². The molecule has 188 valence electrons. The number of likely N-dealkylation sites (N-methyl/N-ethyl adjacent to an activating group) is 1. The van der Waals surface area contributed by atoms with Crippen LogP contribution in [0.15, 0.2) is 27.8 Å². The highest BCUT2D eigenvalue weighted by Gasteiger charge is 2.25. The Morgan fingerprint density at radius 1 is 1.26 bits per heavy atom. The third-order valence-electron chi connectivity index (χ3n) is 5.28. The zero-order valence-corrected chi connectivity index (χ0v) is 20.4. The topological polar surface area (TPSA) is 123 Å². The van der Waals surface area contributed by atoms with E-state index in [1.165, 1.54) is 35.8 Å². The average Bonchev–Trinajstić information content (AvgIpc) is 2.78. The van der Waals surface area contributed by atoms with Crippen LogP contribution in [0.4, 0.5) is 15.9 Å². The summed E-state index contributed by atoms with van der Waals surface area (Å²) in [5.74, 6) is -0.745. The van der Waals surface area contributed by atoms with Crippen molar-refractivity contribution in [1.29, 1.82) is 0 Å². The molecule has 34 heavy (non-hydrogen) atoms. The molecule has 0 spiro atoms. The molecule has 0 saturated heterocycles. The normalized spacial score (nSPS) is 11.3. The summed E-state index contributed by atoms with van der Waals surface area (Å²) in [5, 5.41) is 0. The molecule has 0 unspecified atom stereocenters. The minimum Gasteiger partial charge on any atom is -0.494 e. The van der Waals surface area contributed by atoms with Crippen molar-refractivity contribution < 1.29 is 18.7 Å². The minimum absolute atomic E-state index is 0.0595. The number of benzene rings is 1. The van der Waals surface area contributed by atoms with E-state index in [-0.39, 0.29) is 49.4 Å². The lowest BCUT2D eigenvalue weighted by molar-refractivity contribution is -0.120. The zero-order chi connectivity index (χ0) is 25.4. The van der Waals surface area contributed by atoms with Gasteiger partial charge in [0.1, 0.15) is 5.82 Å². The molecule has 2 rings (SSSR count). The van der Waals surface area contributed by atoms with E-state index >= 15 is 0 Å². The van der Waals surface area contributed by atoms with Crippen LogP contribution in [0.3, 0.4) is 0 Å². The number of H-pyrrole nitrogens is 1. The Kier molecular flexibility index (Phi) is 9.82. The van der Waals surface area contributed by atoms with Crippen LogP contribution in [-0.2, 0) is 22.6 Å². The number of rotatable bonds is 12. The summed E-state index contributed by atoms with van der Waals surface area (Å²) >= 11 is 0. The van der Waals surface area contributed by atoms with Gasteiger partial charge in [0, 0.05) is 26.7 Å². The summed E-state index contributed by atoms with van der Waals surface area (Å²) in [4.78, 5) is 43.7. The molecular weight excluding hydrogens is 445 g/mol. The number of nitrogens with two attached hydrogens (primary N) is 1. The first-order valence-electron chi connectivity index (χ1n) is 11.1. The number of amides is 1. The summed E-state index contributed by atoms with van der Waals surface area (Å²) < 4.78 is 25.4. The Morgan fingerprint density at radius 3 is 2.53 bits per heavy atom. The number of nitrogens with one attached hydrogen (secondary N) is 1. The number of ether oxygens (including phenoxy) is 2. The van der Waals surface area contributed by atoms with E-state index in [0.29, 0.717) is 18.7 Å². The fraction of sp³-hybridized carbons (Fsp3) is 0.522. The van der Waals surface area contributed by atoms with Crippen molar-refractivity contribution in [3.05, 3.63) is 50.4 Å². The number of halogens is 1. The highest BCUT2D eigenvalue weighted by atomic mass is 19.1. The molecule has 1 amide bonds. The van der Waals surface area contributed by atoms with Crippen molar-refractivity contribution in [3.63, 3.8) is 0 Å². The van der Waals surface area contributed by atoms with Gasteiger partial charge in [0.05, 0.1) is 20.3 Å². The molecule has 2 aromatic rings. The summed E-state index contributed by atoms with van der Waals surface area (Å²) in [7, 11) is 2.87. The second-order valence-corrected chi connectivity index (χ2v) is 8.31. The molecule has 3 N–H and O–H groups in total. The van der Waals surface area contributed by atoms with E-state index in [9.17, 15) is 18.8 Å². The standard InChI is InChI=1S/C23H34FN5O5/c1-6-27(13-16-7-8-18(34-5)17(24)11-16)14-19(30)28(9-10-33-4)20-21(25)29(12-15(2)3)23(32)26-22(20)31/h7-8,11,15H,6,9-10,12-14,25H2,1-5H3,(H,26,31,32). The van der Waals surface area contributed by atoms with Crippen LogP contribution in [0.5, 0.6) is 5.75 Å². The number of aromatic amines is 1. The Morgan fingerprint density at radius 2 is 1.97 bits per heavy atom. The molecule has 0 saturated carbocycles. The van der Waals surface area contributed by atoms with Gasteiger partial charge in [-0.15, -0.1) is 0 Å². The molecule has 0 fully saturated rings. The van der Waals surface area contributed by atoms with Crippen LogP contribution in [-0.4, -0.2) is 60.8 Å². The summed E-state index contributed by atoms with van der Waals surface area (Å²) in [6.45, 7) is 6.94. The number of aromatic nitrogens is 2. The van der Waals surface area contributed by atoms with Crippen molar-refractivity contribution in [1.82, 2.24) is 14.5 Å². The molecule has 1 aromatic heterocycles. The van der Waals surface area contributed by atoms with Gasteiger partial charge < -0.3 is 20.1 Å². The fourth-order valence-electron chi connectivity index (χ4n) is 3.55. The van der Waals surface area contributed by atoms with Crippen LogP contribution in [0, 0.1) is 11.7 Å². The summed E-state index contributed by atoms with van der Waals surface area (Å²) in [6.07, 6.45) is 0. The molecule has 0 bridgehead atoms. The lowest BCUT2D eigenvalue weighted by Crippen LogP contribution is -2.46. The van der Waals surface area contributed by atoms with Crippen LogP contribution in [0.25, 0.3) is 0 Å². The van der Waals surface area contributed by atoms with Crippen molar-refractivity contribution >= 4 is 17.4 Å². The van der Waals surface area contributed by atoms with E-state index in [0.717, 1.165) is 0 Å². The van der Waals surface area contributed by atoms with Crippen molar-refractivity contribution in [3.8, 4) is 5.75 Å². The molecule has 0 radical (unpaired) electrons. The van der Waals surface area contributed by atoms with Gasteiger partial charge in [0.15, 0.2) is 17.3 Å². The van der Waals surface area contributed by atoms with Gasteiger partial charge >= 0.3 is 5.69 Å². The number of nitrogen functional groups attached to an aromatic ring is 1. The van der Waals surface area contributed by atoms with Crippen molar-refractivity contribution in [2.24, 2.45) is 5.92 Å². The maximum atomic E-state index is 14.1. The first-order chi connectivity index (χ1) is 16.1. The Labute approximate surface area is 198 Å². The molecule has 0 aliphatic heterocycles. The molecule has 11 heteroatoms. The fourth-order valence-corrected chi connectivity index (χ4v) is 3.55. The van der Waals surface area contributed by atoms with E-state index in [1.54, 1.807) is 11.0 Å². The number of hydrogen-bond donors (Lipinski definition) is 2. The van der Waals surface area contributed by atoms with E-state index in [2.05, 4.69) is 4.98 Å². The largest absolute Gasteiger partial charge is 0.494 e. The highest BCUT2D eigenvalue weighted by Crippen LogP contribution is 2.20. The van der Waals surface area contributed by atoms with Gasteiger partial charge in [0.25, 0.3) is 5.56 Å². The molecule has 1 aromatic carbocycles. The van der Waals surface area contributed by atoms with Gasteiger partial charge in [-0.2, -0.15) is 0 Å². The maximum Gasteiger partial charge on any atom is 0.330 e. The van der Waals surface area contributed by atoms with Crippen molar-refractivity contribution in [2.75, 3.05) is 51.1 Å². The quantitative estimate of drug-likeness (QED) is 0.472. The number of carbonyl (C=O) groups excluding carboxylic acids is 1. The first-order valence-corrected chi connectivity index (χ1v) is 11.1. The molecule has 1 heterocycles. The number of carbonyl (C=O) groups is 1. The number of hydrogen-bond acceptors (Lipinski definition) is 7. The lowest BCUT2D eigenvalue weighted by Gasteiger charge is -2.28. The third kappa shape index (κ3) is 6.67. The van der Waals surface area contributed by atoms with E-state index in [4.69, 9.17) is 15.2 Å². The van der Waals surface area contributed by atoms with Crippen molar-refractivity contribution in [2.45, 2.75) is 33.9 Å². The molecule has 0 aliphatic carbocycles. The lowest BCUT2D eigenvalue weighted by atomic mass is 10.2. The SMILES string of the molecule is CCN(CC(=O)N(CCOC)c1c(N)n(CC(C)C)c(=O)[nH]c1=O)Cc1ccc(OC)c(F)c1. The van der Waals surface area contributed by atoms with Gasteiger partial charge in [0.2, 0.25) is 5.91 Å². The van der Waals surface area contributed by atoms with Crippen LogP contribution < -0.4 is 26.6 Å². The minimum atomic E-state index is -0.743. The van der Waals surface area contributed by atoms with E-state index < -0.39 is 23.0 Å². The zero-order valence-electron chi connectivity index (χ0n) is 20.4. The second-order valence-electron chi connectivity index (χ2n) is 8.31. The highest BCUT2D eigenvalue weighted by molar-refractivity contribution is 5.96. The Bertz CT molecular complexity index is 1100. The second kappa shape index (κ2) is 12.3. The smallest absolute Gasteiger partial charge is 0.330 e. The van der Waals surface area contributed by atoms with Gasteiger partial charge in [-0.05, 0) is 30.2 Å². The van der Waals surface area contributed by atoms with Gasteiger partial charge in [-0.3, -0.25) is 24.0 Å². The molecular formula is C23H34FN5O5. The number of methoxy groups -OCH3 is 2. The summed E-state index contributed by atoms with van der Waals surface area (Å²) in [6, 6.07) is 4.62. The summed E-state index contributed by atoms with van der Waals surface area (Å²) in [5.41, 5.74) is 5.42. The first kappa shape index (κ1) is 27.1. The third-order valence-corrected chi connectivity index (χ3v) is 5.28. The predicted molar refractivity (Wildman–Crippen MR) is 129 cm³/mol. The molecule has 0 aliphatic rings. The Balaban J connectivity index is 2.36. The maximum absolute atomic E-state index is 14.1. The Hall–Kier alpha value is -3.18. The van der Waals surface area contributed by atoms with Crippen LogP contribution >= 0.6 is 0 Å². The molecule has 10 nitrogen and oxygen atoms in total. The average molecular weight is 480 g/mol. The van der Waals surface area contributed by atoms with E-state index in [1.807, 2.05) is 20.8 Å². The number of nitrogens with zero attached hydrogens (tertiary/aromatic N) is 3. The number of anilines is 2. The molecule has 0 atom stereocenters. The van der Waals surface area contributed by atoms with Gasteiger partial charge in [-0.25, -0.2) is 9.18 Å².